The zero-order valence-electron chi connectivity index (χ0n) is 12.7. The third-order valence-electron chi connectivity index (χ3n) is 3.99. The second-order valence-corrected chi connectivity index (χ2v) is 6.30. The van der Waals surface area contributed by atoms with Crippen LogP contribution in [0.25, 0.3) is 0 Å². The van der Waals surface area contributed by atoms with Crippen molar-refractivity contribution in [3.63, 3.8) is 0 Å². The number of halogens is 2. The molecule has 7 heteroatoms. The summed E-state index contributed by atoms with van der Waals surface area (Å²) in [6, 6.07) is 5.63. The number of rotatable bonds is 5. The van der Waals surface area contributed by atoms with Crippen LogP contribution in [-0.4, -0.2) is 55.8 Å². The van der Waals surface area contributed by atoms with Gasteiger partial charge in [0.05, 0.1) is 37.3 Å². The Morgan fingerprint density at radius 1 is 1.18 bits per heavy atom. The summed E-state index contributed by atoms with van der Waals surface area (Å²) in [6.07, 6.45) is 0.762. The molecule has 0 atom stereocenters. The Kier molecular flexibility index (Phi) is 5.44. The fourth-order valence-electron chi connectivity index (χ4n) is 2.77. The summed E-state index contributed by atoms with van der Waals surface area (Å²) in [5.41, 5.74) is 0.982. The van der Waals surface area contributed by atoms with Crippen molar-refractivity contribution in [3.8, 4) is 0 Å². The molecule has 0 aliphatic carbocycles. The molecule has 0 radical (unpaired) electrons. The van der Waals surface area contributed by atoms with Gasteiger partial charge in [-0.2, -0.15) is 0 Å². The van der Waals surface area contributed by atoms with E-state index >= 15 is 0 Å². The fraction of sp³-hybridized carbons (Fsp3) is 0.600. The normalized spacial score (nSPS) is 21.1. The molecule has 122 valence electrons. The van der Waals surface area contributed by atoms with Crippen molar-refractivity contribution >= 4 is 28.9 Å². The minimum atomic E-state index is -0.0850. The maximum absolute atomic E-state index is 6.37. The highest BCUT2D eigenvalue weighted by molar-refractivity contribution is 6.36. The molecule has 0 aromatic heterocycles. The predicted octanol–water partition coefficient (Wildman–Crippen LogP) is 3.03. The number of nitrogens with zero attached hydrogens (tertiary/aromatic N) is 3. The van der Waals surface area contributed by atoms with Gasteiger partial charge in [-0.1, -0.05) is 30.1 Å². The van der Waals surface area contributed by atoms with Gasteiger partial charge in [0.15, 0.2) is 6.29 Å². The van der Waals surface area contributed by atoms with Gasteiger partial charge in [-0.05, 0) is 24.7 Å². The molecule has 2 aliphatic heterocycles. The first kappa shape index (κ1) is 16.3. The zero-order valence-corrected chi connectivity index (χ0v) is 14.2. The standard InChI is InChI=1S/C15H21Cl2N3O2/c1-2-18-10-19(6-5-15-21-7-8-22-15)20(11-18)14-4-3-12(16)9-13(14)17/h3-4,9,15H,2,5-8,10-11H2,1H3. The SMILES string of the molecule is CCN1CN(CCC2OCCO2)N(c2ccc(Cl)cc2Cl)C1. The topological polar surface area (TPSA) is 28.2 Å². The molecule has 1 aromatic rings. The van der Waals surface area contributed by atoms with Crippen molar-refractivity contribution in [2.75, 3.05) is 44.6 Å². The van der Waals surface area contributed by atoms with Crippen LogP contribution in [-0.2, 0) is 9.47 Å². The lowest BCUT2D eigenvalue weighted by molar-refractivity contribution is -0.0515. The van der Waals surface area contributed by atoms with E-state index in [2.05, 4.69) is 21.8 Å². The first-order valence-corrected chi connectivity index (χ1v) is 8.36. The lowest BCUT2D eigenvalue weighted by atomic mass is 10.3. The highest BCUT2D eigenvalue weighted by Crippen LogP contribution is 2.32. The first-order valence-electron chi connectivity index (χ1n) is 7.60. The van der Waals surface area contributed by atoms with Gasteiger partial charge in [0.2, 0.25) is 0 Å². The lowest BCUT2D eigenvalue weighted by Gasteiger charge is -2.29. The van der Waals surface area contributed by atoms with Crippen LogP contribution in [0.15, 0.2) is 18.2 Å². The summed E-state index contributed by atoms with van der Waals surface area (Å²) in [4.78, 5) is 2.35. The Labute approximate surface area is 141 Å². The van der Waals surface area contributed by atoms with E-state index in [9.17, 15) is 0 Å². The number of hydrogen-bond donors (Lipinski definition) is 0. The van der Waals surface area contributed by atoms with E-state index in [1.807, 2.05) is 12.1 Å². The Morgan fingerprint density at radius 3 is 2.64 bits per heavy atom. The summed E-state index contributed by atoms with van der Waals surface area (Å²) in [5.74, 6) is 0. The fourth-order valence-corrected chi connectivity index (χ4v) is 3.28. The third kappa shape index (κ3) is 3.67. The highest BCUT2D eigenvalue weighted by Gasteiger charge is 2.29. The Balaban J connectivity index is 1.70. The van der Waals surface area contributed by atoms with Gasteiger partial charge in [0.1, 0.15) is 0 Å². The predicted molar refractivity (Wildman–Crippen MR) is 88.1 cm³/mol. The summed E-state index contributed by atoms with van der Waals surface area (Å²) < 4.78 is 11.0. The van der Waals surface area contributed by atoms with Crippen LogP contribution >= 0.6 is 23.2 Å². The van der Waals surface area contributed by atoms with Crippen LogP contribution in [0.3, 0.4) is 0 Å². The van der Waals surface area contributed by atoms with Gasteiger partial charge in [0.25, 0.3) is 0 Å². The summed E-state index contributed by atoms with van der Waals surface area (Å²) in [6.45, 7) is 7.10. The van der Waals surface area contributed by atoms with E-state index in [1.165, 1.54) is 0 Å². The summed E-state index contributed by atoms with van der Waals surface area (Å²) in [5, 5.41) is 5.81. The van der Waals surface area contributed by atoms with E-state index < -0.39 is 0 Å². The maximum Gasteiger partial charge on any atom is 0.159 e. The summed E-state index contributed by atoms with van der Waals surface area (Å²) >= 11 is 12.4. The molecule has 0 amide bonds. The number of benzene rings is 1. The zero-order chi connectivity index (χ0) is 15.5. The van der Waals surface area contributed by atoms with Crippen LogP contribution in [0, 0.1) is 0 Å². The number of anilines is 1. The lowest BCUT2D eigenvalue weighted by Crippen LogP contribution is -2.38. The van der Waals surface area contributed by atoms with Crippen molar-refractivity contribution in [2.24, 2.45) is 0 Å². The molecular formula is C15H21Cl2N3O2. The quantitative estimate of drug-likeness (QED) is 0.817. The molecule has 0 saturated carbocycles. The van der Waals surface area contributed by atoms with E-state index in [0.717, 1.165) is 38.5 Å². The monoisotopic (exact) mass is 345 g/mol. The van der Waals surface area contributed by atoms with Crippen LogP contribution in [0.2, 0.25) is 10.0 Å². The molecule has 0 unspecified atom stereocenters. The molecule has 2 aliphatic rings. The minimum Gasteiger partial charge on any atom is -0.350 e. The largest absolute Gasteiger partial charge is 0.350 e. The van der Waals surface area contributed by atoms with E-state index in [-0.39, 0.29) is 6.29 Å². The number of hydrazine groups is 1. The van der Waals surface area contributed by atoms with Gasteiger partial charge in [-0.15, -0.1) is 0 Å². The van der Waals surface area contributed by atoms with Crippen LogP contribution in [0.5, 0.6) is 0 Å². The molecule has 2 saturated heterocycles. The third-order valence-corrected chi connectivity index (χ3v) is 4.53. The highest BCUT2D eigenvalue weighted by atomic mass is 35.5. The first-order chi connectivity index (χ1) is 10.7. The van der Waals surface area contributed by atoms with Crippen molar-refractivity contribution < 1.29 is 9.47 Å². The molecule has 2 fully saturated rings. The number of ether oxygens (including phenoxy) is 2. The molecule has 5 nitrogen and oxygen atoms in total. The average molecular weight is 346 g/mol. The van der Waals surface area contributed by atoms with Crippen molar-refractivity contribution in [2.45, 2.75) is 19.6 Å². The molecule has 0 spiro atoms. The van der Waals surface area contributed by atoms with Crippen LogP contribution in [0.1, 0.15) is 13.3 Å². The van der Waals surface area contributed by atoms with Gasteiger partial charge >= 0.3 is 0 Å². The van der Waals surface area contributed by atoms with Gasteiger partial charge in [-0.25, -0.2) is 5.01 Å². The van der Waals surface area contributed by atoms with E-state index in [4.69, 9.17) is 32.7 Å². The molecule has 3 rings (SSSR count). The van der Waals surface area contributed by atoms with Crippen LogP contribution < -0.4 is 5.01 Å². The second-order valence-electron chi connectivity index (χ2n) is 5.46. The van der Waals surface area contributed by atoms with Gasteiger partial charge in [0, 0.05) is 18.0 Å². The Morgan fingerprint density at radius 2 is 1.95 bits per heavy atom. The minimum absolute atomic E-state index is 0.0850. The molecule has 0 bridgehead atoms. The maximum atomic E-state index is 6.37. The second kappa shape index (κ2) is 7.34. The van der Waals surface area contributed by atoms with E-state index in [0.29, 0.717) is 23.3 Å². The van der Waals surface area contributed by atoms with Gasteiger partial charge < -0.3 is 9.47 Å². The number of hydrogen-bond acceptors (Lipinski definition) is 5. The molecule has 22 heavy (non-hydrogen) atoms. The summed E-state index contributed by atoms with van der Waals surface area (Å²) in [7, 11) is 0. The Bertz CT molecular complexity index is 512. The molecule has 0 N–H and O–H groups in total. The molecular weight excluding hydrogens is 325 g/mol. The van der Waals surface area contributed by atoms with Crippen LogP contribution in [0.4, 0.5) is 5.69 Å². The van der Waals surface area contributed by atoms with Gasteiger partial charge in [-0.3, -0.25) is 9.91 Å². The van der Waals surface area contributed by atoms with Crippen molar-refractivity contribution in [1.29, 1.82) is 0 Å². The molecule has 1 aromatic carbocycles. The Hall–Kier alpha value is -0.560. The van der Waals surface area contributed by atoms with E-state index in [1.54, 1.807) is 6.07 Å². The smallest absolute Gasteiger partial charge is 0.159 e. The van der Waals surface area contributed by atoms with Crippen molar-refractivity contribution in [3.05, 3.63) is 28.2 Å². The average Bonchev–Trinajstić information content (AvgIpc) is 3.14. The van der Waals surface area contributed by atoms with Crippen molar-refractivity contribution in [1.82, 2.24) is 9.91 Å². The molecule has 2 heterocycles.